The zero-order chi connectivity index (χ0) is 21.0. The molecule has 0 heterocycles. The Labute approximate surface area is 176 Å². The summed E-state index contributed by atoms with van der Waals surface area (Å²) in [7, 11) is 0. The van der Waals surface area contributed by atoms with E-state index in [1.165, 1.54) is 0 Å². The summed E-state index contributed by atoms with van der Waals surface area (Å²) in [5, 5.41) is 2.81. The average Bonchev–Trinajstić information content (AvgIpc) is 2.78. The number of amides is 1. The highest BCUT2D eigenvalue weighted by molar-refractivity contribution is 5.93. The van der Waals surface area contributed by atoms with Crippen molar-refractivity contribution in [3.8, 4) is 5.75 Å². The van der Waals surface area contributed by atoms with Gasteiger partial charge in [0.1, 0.15) is 12.4 Å². The molecule has 0 unspecified atom stereocenters. The fourth-order valence-corrected chi connectivity index (χ4v) is 2.86. The van der Waals surface area contributed by atoms with Crippen molar-refractivity contribution >= 4 is 17.6 Å². The molecule has 5 heteroatoms. The maximum absolute atomic E-state index is 12.3. The van der Waals surface area contributed by atoms with Crippen molar-refractivity contribution in [3.63, 3.8) is 0 Å². The summed E-state index contributed by atoms with van der Waals surface area (Å²) in [4.78, 5) is 24.2. The van der Waals surface area contributed by atoms with Crippen LogP contribution in [0.4, 0.5) is 5.69 Å². The number of carbonyl (C=O) groups excluding carboxylic acids is 2. The molecular formula is C25H25NO4. The van der Waals surface area contributed by atoms with E-state index in [-0.39, 0.29) is 24.7 Å². The highest BCUT2D eigenvalue weighted by Gasteiger charge is 2.11. The van der Waals surface area contributed by atoms with Gasteiger partial charge in [0.15, 0.2) is 0 Å². The summed E-state index contributed by atoms with van der Waals surface area (Å²) >= 11 is 0. The van der Waals surface area contributed by atoms with Crippen LogP contribution in [-0.4, -0.2) is 18.5 Å². The van der Waals surface area contributed by atoms with E-state index in [9.17, 15) is 9.59 Å². The molecule has 5 nitrogen and oxygen atoms in total. The number of esters is 1. The molecule has 0 aliphatic carbocycles. The van der Waals surface area contributed by atoms with Crippen molar-refractivity contribution in [1.82, 2.24) is 0 Å². The Balaban J connectivity index is 1.41. The Morgan fingerprint density at radius 1 is 0.733 bits per heavy atom. The van der Waals surface area contributed by atoms with Gasteiger partial charge in [-0.05, 0) is 23.3 Å². The van der Waals surface area contributed by atoms with Crippen LogP contribution in [0.2, 0.25) is 0 Å². The van der Waals surface area contributed by atoms with E-state index in [0.29, 0.717) is 31.1 Å². The van der Waals surface area contributed by atoms with Gasteiger partial charge in [0.25, 0.3) is 0 Å². The maximum Gasteiger partial charge on any atom is 0.306 e. The molecule has 3 aromatic rings. The number of para-hydroxylation sites is 2. The van der Waals surface area contributed by atoms with Crippen molar-refractivity contribution in [3.05, 3.63) is 96.1 Å². The topological polar surface area (TPSA) is 64.6 Å². The first-order valence-electron chi connectivity index (χ1n) is 9.96. The number of nitrogens with one attached hydrogen (secondary N) is 1. The molecule has 154 valence electrons. The van der Waals surface area contributed by atoms with E-state index in [2.05, 4.69) is 5.32 Å². The van der Waals surface area contributed by atoms with E-state index in [0.717, 1.165) is 11.1 Å². The summed E-state index contributed by atoms with van der Waals surface area (Å²) in [6.07, 6.45) is 0.746. The van der Waals surface area contributed by atoms with Gasteiger partial charge in [-0.1, -0.05) is 72.8 Å². The molecule has 0 spiro atoms. The lowest BCUT2D eigenvalue weighted by molar-refractivity contribution is -0.144. The summed E-state index contributed by atoms with van der Waals surface area (Å²) in [5.74, 6) is -0.0550. The summed E-state index contributed by atoms with van der Waals surface area (Å²) in [5.41, 5.74) is 2.72. The minimum atomic E-state index is -0.380. The normalized spacial score (nSPS) is 10.3. The highest BCUT2D eigenvalue weighted by atomic mass is 16.5. The van der Waals surface area contributed by atoms with E-state index in [4.69, 9.17) is 9.47 Å². The molecule has 3 aromatic carbocycles. The molecule has 0 aromatic heterocycles. The van der Waals surface area contributed by atoms with Crippen molar-refractivity contribution in [2.75, 3.05) is 11.9 Å². The van der Waals surface area contributed by atoms with Crippen LogP contribution in [-0.2, 0) is 27.4 Å². The van der Waals surface area contributed by atoms with Crippen LogP contribution >= 0.6 is 0 Å². The number of ether oxygens (including phenoxy) is 2. The van der Waals surface area contributed by atoms with Crippen LogP contribution in [0.25, 0.3) is 0 Å². The van der Waals surface area contributed by atoms with Crippen LogP contribution < -0.4 is 10.1 Å². The van der Waals surface area contributed by atoms with Crippen molar-refractivity contribution in [2.24, 2.45) is 0 Å². The first kappa shape index (κ1) is 21.1. The van der Waals surface area contributed by atoms with Crippen LogP contribution in [0.3, 0.4) is 0 Å². The van der Waals surface area contributed by atoms with Crippen LogP contribution in [0.1, 0.15) is 24.0 Å². The number of hydrogen-bond acceptors (Lipinski definition) is 4. The quantitative estimate of drug-likeness (QED) is 0.495. The van der Waals surface area contributed by atoms with Gasteiger partial charge in [-0.3, -0.25) is 9.59 Å². The third kappa shape index (κ3) is 7.09. The fraction of sp³-hybridized carbons (Fsp3) is 0.200. The van der Waals surface area contributed by atoms with Gasteiger partial charge < -0.3 is 14.8 Å². The number of hydrogen-bond donors (Lipinski definition) is 1. The number of benzene rings is 3. The predicted molar refractivity (Wildman–Crippen MR) is 116 cm³/mol. The standard InChI is InChI=1S/C25H25NO4/c27-24(15-16-25(28)29-18-17-20-9-3-1-4-10-20)26-22-13-7-8-14-23(22)30-19-21-11-5-2-6-12-21/h1-14H,15-19H2,(H,26,27). The molecule has 0 radical (unpaired) electrons. The zero-order valence-corrected chi connectivity index (χ0v) is 16.8. The van der Waals surface area contributed by atoms with E-state index < -0.39 is 0 Å². The average molecular weight is 403 g/mol. The second-order valence-corrected chi connectivity index (χ2v) is 6.77. The van der Waals surface area contributed by atoms with Gasteiger partial charge >= 0.3 is 5.97 Å². The van der Waals surface area contributed by atoms with Crippen molar-refractivity contribution < 1.29 is 19.1 Å². The summed E-state index contributed by atoms with van der Waals surface area (Å²) in [6, 6.07) is 26.9. The van der Waals surface area contributed by atoms with Gasteiger partial charge in [-0.25, -0.2) is 0 Å². The molecule has 0 aliphatic heterocycles. The molecule has 3 rings (SSSR count). The lowest BCUT2D eigenvalue weighted by Crippen LogP contribution is -2.16. The molecule has 0 fully saturated rings. The monoisotopic (exact) mass is 403 g/mol. The number of rotatable bonds is 10. The smallest absolute Gasteiger partial charge is 0.306 e. The molecule has 1 N–H and O–H groups in total. The van der Waals surface area contributed by atoms with Crippen molar-refractivity contribution in [2.45, 2.75) is 25.9 Å². The van der Waals surface area contributed by atoms with Crippen molar-refractivity contribution in [1.29, 1.82) is 0 Å². The van der Waals surface area contributed by atoms with E-state index in [1.807, 2.05) is 72.8 Å². The molecule has 0 aliphatic rings. The lowest BCUT2D eigenvalue weighted by Gasteiger charge is -2.12. The fourth-order valence-electron chi connectivity index (χ4n) is 2.86. The van der Waals surface area contributed by atoms with Crippen LogP contribution in [0.5, 0.6) is 5.75 Å². The Morgan fingerprint density at radius 2 is 1.37 bits per heavy atom. The molecule has 0 saturated carbocycles. The minimum Gasteiger partial charge on any atom is -0.487 e. The predicted octanol–water partition coefficient (Wildman–Crippen LogP) is 4.77. The molecular weight excluding hydrogens is 378 g/mol. The first-order valence-corrected chi connectivity index (χ1v) is 9.96. The summed E-state index contributed by atoms with van der Waals surface area (Å²) < 4.78 is 11.1. The Kier molecular flexibility index (Phi) is 8.03. The molecule has 0 bridgehead atoms. The van der Waals surface area contributed by atoms with Gasteiger partial charge in [0, 0.05) is 12.8 Å². The molecule has 30 heavy (non-hydrogen) atoms. The van der Waals surface area contributed by atoms with Gasteiger partial charge in [0.05, 0.1) is 18.7 Å². The SMILES string of the molecule is O=C(CCC(=O)OCCc1ccccc1)Nc1ccccc1OCc1ccccc1. The van der Waals surface area contributed by atoms with Gasteiger partial charge in [0.2, 0.25) is 5.91 Å². The molecule has 0 atom stereocenters. The number of anilines is 1. The Bertz CT molecular complexity index is 942. The Morgan fingerprint density at radius 3 is 2.10 bits per heavy atom. The maximum atomic E-state index is 12.3. The number of carbonyl (C=O) groups is 2. The third-order valence-electron chi connectivity index (χ3n) is 4.45. The lowest BCUT2D eigenvalue weighted by atomic mass is 10.2. The second kappa shape index (κ2) is 11.4. The first-order chi connectivity index (χ1) is 14.7. The van der Waals surface area contributed by atoms with Crippen LogP contribution in [0.15, 0.2) is 84.9 Å². The second-order valence-electron chi connectivity index (χ2n) is 6.77. The van der Waals surface area contributed by atoms with Gasteiger partial charge in [-0.15, -0.1) is 0 Å². The van der Waals surface area contributed by atoms with E-state index >= 15 is 0 Å². The summed E-state index contributed by atoms with van der Waals surface area (Å²) in [6.45, 7) is 0.710. The zero-order valence-electron chi connectivity index (χ0n) is 16.8. The van der Waals surface area contributed by atoms with E-state index in [1.54, 1.807) is 12.1 Å². The highest BCUT2D eigenvalue weighted by Crippen LogP contribution is 2.25. The largest absolute Gasteiger partial charge is 0.487 e. The van der Waals surface area contributed by atoms with Gasteiger partial charge in [-0.2, -0.15) is 0 Å². The third-order valence-corrected chi connectivity index (χ3v) is 4.45. The van der Waals surface area contributed by atoms with Crippen LogP contribution in [0, 0.1) is 0 Å². The Hall–Kier alpha value is -3.60. The minimum absolute atomic E-state index is 0.0354. The molecule has 1 amide bonds. The molecule has 0 saturated heterocycles.